The molecule has 1 N–H and O–H groups in total. The van der Waals surface area contributed by atoms with Crippen LogP contribution in [0.15, 0.2) is 23.1 Å². The second-order valence-corrected chi connectivity index (χ2v) is 6.41. The van der Waals surface area contributed by atoms with Gasteiger partial charge in [-0.25, -0.2) is 9.59 Å². The van der Waals surface area contributed by atoms with Crippen molar-refractivity contribution >= 4 is 23.0 Å². The van der Waals surface area contributed by atoms with Gasteiger partial charge in [0.25, 0.3) is 0 Å². The minimum Gasteiger partial charge on any atom is -0.462 e. The van der Waals surface area contributed by atoms with Crippen LogP contribution >= 0.6 is 0 Å². The van der Waals surface area contributed by atoms with E-state index in [-0.39, 0.29) is 86.3 Å². The molecule has 0 saturated carbocycles. The van der Waals surface area contributed by atoms with Crippen LogP contribution in [-0.2, 0) is 16.1 Å². The van der Waals surface area contributed by atoms with Gasteiger partial charge in [0.2, 0.25) is 5.43 Å². The van der Waals surface area contributed by atoms with E-state index >= 15 is 0 Å². The van der Waals surface area contributed by atoms with Crippen LogP contribution in [0.5, 0.6) is 0 Å². The Morgan fingerprint density at radius 1 is 1.22 bits per heavy atom. The van der Waals surface area contributed by atoms with E-state index in [0.717, 1.165) is 16.3 Å². The van der Waals surface area contributed by atoms with Crippen LogP contribution < -0.4 is 5.43 Å². The number of carbonyl (C=O) groups is 2. The fourth-order valence-corrected chi connectivity index (χ4v) is 2.64. The summed E-state index contributed by atoms with van der Waals surface area (Å²) >= 11 is 0. The maximum Gasteiger partial charge on any atom is 0.418 e. The first kappa shape index (κ1) is 23.8. The zero-order valence-corrected chi connectivity index (χ0v) is 20.7. The van der Waals surface area contributed by atoms with E-state index in [9.17, 15) is 19.5 Å². The van der Waals surface area contributed by atoms with E-state index in [4.69, 9.17) is 9.47 Å². The largest absolute Gasteiger partial charge is 0.462 e. The molecule has 1 radical (unpaired) electrons. The van der Waals surface area contributed by atoms with Crippen molar-refractivity contribution < 1.29 is 68.2 Å². The molecule has 0 spiro atoms. The number of aryl methyl sites for hydroxylation is 1. The average Bonchev–Trinajstić information content (AvgIpc) is 2.59. The maximum absolute atomic E-state index is 12.8. The van der Waals surface area contributed by atoms with Crippen molar-refractivity contribution in [3.05, 3.63) is 45.2 Å². The monoisotopic (exact) mass is 588 g/mol. The summed E-state index contributed by atoms with van der Waals surface area (Å²) in [5.74, 6) is -0.689. The molecule has 1 heterocycles. The van der Waals surface area contributed by atoms with Gasteiger partial charge in [-0.2, -0.15) is 0 Å². The van der Waals surface area contributed by atoms with Crippen molar-refractivity contribution in [3.8, 4) is 0 Å². The Morgan fingerprint density at radius 2 is 1.89 bits per heavy atom. The first-order chi connectivity index (χ1) is 12.3. The molecule has 1 aromatic carbocycles. The maximum atomic E-state index is 12.8. The van der Waals surface area contributed by atoms with Gasteiger partial charge in [-0.05, 0) is 31.4 Å². The summed E-state index contributed by atoms with van der Waals surface area (Å²) in [6, 6.07) is 3.25. The van der Waals surface area contributed by atoms with Gasteiger partial charge in [-0.1, -0.05) is 19.9 Å². The van der Waals surface area contributed by atoms with Crippen molar-refractivity contribution in [3.63, 3.8) is 0 Å². The van der Waals surface area contributed by atoms with Crippen molar-refractivity contribution in [2.75, 3.05) is 13.2 Å². The zero-order valence-electron chi connectivity index (χ0n) is 15.9. The summed E-state index contributed by atoms with van der Waals surface area (Å²) in [4.78, 5) is 37.5. The number of aliphatic hydroxyl groups excluding tert-OH is 1. The van der Waals surface area contributed by atoms with E-state index in [1.165, 1.54) is 0 Å². The van der Waals surface area contributed by atoms with Gasteiger partial charge in [0.05, 0.1) is 25.3 Å². The number of nitrogens with zero attached hydrogens (tertiary/aromatic N) is 1. The standard InChI is InChI=1S/C19H23NO6.Ac/c1-5-25-18(23)15-8-20(19(24)26-10-11(2)3)16-13(9-21)6-12(4)7-14(16)17(15)22;/h6-8,11,21H,5,9-10H2,1-4H3;. The van der Waals surface area contributed by atoms with E-state index in [0.29, 0.717) is 5.56 Å². The molecule has 143 valence electrons. The molecular weight excluding hydrogens is 565 g/mol. The number of aromatic nitrogens is 1. The Labute approximate surface area is 193 Å². The van der Waals surface area contributed by atoms with Crippen molar-refractivity contribution in [2.45, 2.75) is 34.3 Å². The normalized spacial score (nSPS) is 10.6. The molecule has 1 aromatic heterocycles. The Morgan fingerprint density at radius 3 is 2.44 bits per heavy atom. The van der Waals surface area contributed by atoms with Crippen LogP contribution in [0.25, 0.3) is 10.9 Å². The molecule has 2 aromatic rings. The summed E-state index contributed by atoms with van der Waals surface area (Å²) in [6.07, 6.45) is 0.396. The number of pyridine rings is 1. The number of fused-ring (bicyclic) bond motifs is 1. The minimum absolute atomic E-state index is 0. The predicted octanol–water partition coefficient (Wildman–Crippen LogP) is 2.62. The fraction of sp³-hybridized carbons (Fsp3) is 0.421. The Bertz CT molecular complexity index is 903. The molecule has 0 amide bonds. The molecule has 0 aliphatic heterocycles. The molecule has 27 heavy (non-hydrogen) atoms. The average molecular weight is 588 g/mol. The van der Waals surface area contributed by atoms with Crippen LogP contribution in [-0.4, -0.2) is 34.9 Å². The number of rotatable bonds is 5. The summed E-state index contributed by atoms with van der Waals surface area (Å²) in [6.45, 7) is 7.09. The number of ether oxygens (including phenoxy) is 2. The topological polar surface area (TPSA) is 94.8 Å². The van der Waals surface area contributed by atoms with Crippen LogP contribution in [0.2, 0.25) is 0 Å². The summed E-state index contributed by atoms with van der Waals surface area (Å²) in [5, 5.41) is 9.83. The Balaban J connectivity index is 0.00000364. The third-order valence-electron chi connectivity index (χ3n) is 3.72. The summed E-state index contributed by atoms with van der Waals surface area (Å²) in [7, 11) is 0. The second kappa shape index (κ2) is 10.4. The van der Waals surface area contributed by atoms with Crippen LogP contribution in [0, 0.1) is 56.9 Å². The SMILES string of the molecule is CCOC(=O)c1cn(C(=O)OCC(C)C)c2c(CO)cc(C)cc2c1=O.[Ac]. The van der Waals surface area contributed by atoms with Gasteiger partial charge >= 0.3 is 12.1 Å². The number of hydrogen-bond donors (Lipinski definition) is 1. The Hall–Kier alpha value is -1.23. The van der Waals surface area contributed by atoms with Crippen molar-refractivity contribution in [2.24, 2.45) is 5.92 Å². The number of hydrogen-bond acceptors (Lipinski definition) is 6. The molecule has 8 heteroatoms. The third-order valence-corrected chi connectivity index (χ3v) is 3.72. The summed E-state index contributed by atoms with van der Waals surface area (Å²) < 4.78 is 11.3. The molecule has 0 bridgehead atoms. The van der Waals surface area contributed by atoms with Crippen LogP contribution in [0.1, 0.15) is 42.3 Å². The van der Waals surface area contributed by atoms with E-state index < -0.39 is 17.5 Å². The number of benzene rings is 1. The number of esters is 1. The van der Waals surface area contributed by atoms with Gasteiger partial charge in [-0.15, -0.1) is 0 Å². The zero-order chi connectivity index (χ0) is 19.4. The molecule has 0 saturated heterocycles. The van der Waals surface area contributed by atoms with Gasteiger partial charge in [-0.3, -0.25) is 9.36 Å². The van der Waals surface area contributed by atoms with E-state index in [1.807, 2.05) is 13.8 Å². The predicted molar refractivity (Wildman–Crippen MR) is 96.4 cm³/mol. The van der Waals surface area contributed by atoms with Gasteiger partial charge in [0, 0.05) is 61.2 Å². The summed E-state index contributed by atoms with van der Waals surface area (Å²) in [5.41, 5.74) is 0.542. The Kier molecular flexibility index (Phi) is 9.13. The number of aliphatic hydroxyl groups is 1. The van der Waals surface area contributed by atoms with Crippen LogP contribution in [0.3, 0.4) is 0 Å². The fourth-order valence-electron chi connectivity index (χ4n) is 2.64. The number of carbonyl (C=O) groups excluding carboxylic acids is 2. The van der Waals surface area contributed by atoms with Crippen LogP contribution in [0.4, 0.5) is 4.79 Å². The molecule has 0 fully saturated rings. The van der Waals surface area contributed by atoms with Gasteiger partial charge < -0.3 is 14.6 Å². The molecule has 0 aliphatic carbocycles. The van der Waals surface area contributed by atoms with Gasteiger partial charge in [0.1, 0.15) is 5.56 Å². The molecule has 0 aliphatic rings. The smallest absolute Gasteiger partial charge is 0.418 e. The molecule has 0 unspecified atom stereocenters. The van der Waals surface area contributed by atoms with E-state index in [1.54, 1.807) is 26.0 Å². The molecular formula is C19H23AcNO6. The quantitative estimate of drug-likeness (QED) is 0.540. The molecule has 0 atom stereocenters. The van der Waals surface area contributed by atoms with Gasteiger partial charge in [0.15, 0.2) is 0 Å². The first-order valence-corrected chi connectivity index (χ1v) is 8.44. The van der Waals surface area contributed by atoms with Crippen molar-refractivity contribution in [1.29, 1.82) is 0 Å². The van der Waals surface area contributed by atoms with Crippen molar-refractivity contribution in [1.82, 2.24) is 4.57 Å². The molecule has 7 nitrogen and oxygen atoms in total. The minimum atomic E-state index is -0.808. The molecule has 2 rings (SSSR count). The van der Waals surface area contributed by atoms with E-state index in [2.05, 4.69) is 0 Å². The first-order valence-electron chi connectivity index (χ1n) is 8.44. The third kappa shape index (κ3) is 5.40. The second-order valence-electron chi connectivity index (χ2n) is 6.41.